The molecule has 0 unspecified atom stereocenters. The van der Waals surface area contributed by atoms with E-state index in [0.717, 1.165) is 31.6 Å². The molecule has 5 heteroatoms. The van der Waals surface area contributed by atoms with Gasteiger partial charge < -0.3 is 15.0 Å². The molecule has 2 aromatic carbocycles. The molecule has 0 aliphatic carbocycles. The van der Waals surface area contributed by atoms with E-state index in [1.807, 2.05) is 42.5 Å². The number of methoxy groups -OCH3 is 1. The first-order valence-electron chi connectivity index (χ1n) is 9.99. The molecule has 0 aromatic heterocycles. The van der Waals surface area contributed by atoms with Crippen molar-refractivity contribution in [3.05, 3.63) is 65.2 Å². The lowest BCUT2D eigenvalue weighted by Gasteiger charge is -2.22. The van der Waals surface area contributed by atoms with Gasteiger partial charge in [-0.2, -0.15) is 5.26 Å². The minimum Gasteiger partial charge on any atom is -0.496 e. The fraction of sp³-hybridized carbons (Fsp3) is 0.333. The Bertz CT molecular complexity index is 865. The smallest absolute Gasteiger partial charge is 0.261 e. The minimum absolute atomic E-state index is 0.0681. The summed E-state index contributed by atoms with van der Waals surface area (Å²) < 4.78 is 5.49. The monoisotopic (exact) mass is 391 g/mol. The summed E-state index contributed by atoms with van der Waals surface area (Å²) >= 11 is 0. The number of carbonyl (C=O) groups is 1. The van der Waals surface area contributed by atoms with E-state index in [1.165, 1.54) is 5.56 Å². The average Bonchev–Trinajstić information content (AvgIpc) is 2.76. The molecular formula is C24H29N3O2. The third-order valence-electron chi connectivity index (χ3n) is 4.78. The number of hydrogen-bond acceptors (Lipinski definition) is 4. The third kappa shape index (κ3) is 6.39. The highest BCUT2D eigenvalue weighted by molar-refractivity contribution is 6.02. The summed E-state index contributed by atoms with van der Waals surface area (Å²) in [5.74, 6) is 0.273. The van der Waals surface area contributed by atoms with Gasteiger partial charge in [-0.05, 0) is 50.5 Å². The second kappa shape index (κ2) is 11.6. The average molecular weight is 392 g/mol. The molecule has 0 bridgehead atoms. The molecule has 0 saturated carbocycles. The zero-order valence-corrected chi connectivity index (χ0v) is 17.4. The number of amides is 1. The number of benzene rings is 2. The fourth-order valence-electron chi connectivity index (χ4n) is 3.14. The maximum atomic E-state index is 12.4. The molecule has 29 heavy (non-hydrogen) atoms. The normalized spacial score (nSPS) is 10.9. The molecule has 0 aliphatic heterocycles. The fourth-order valence-corrected chi connectivity index (χ4v) is 3.14. The maximum absolute atomic E-state index is 12.4. The van der Waals surface area contributed by atoms with Gasteiger partial charge in [0.25, 0.3) is 5.91 Å². The van der Waals surface area contributed by atoms with E-state index in [2.05, 4.69) is 36.2 Å². The van der Waals surface area contributed by atoms with Crippen LogP contribution in [0, 0.1) is 11.3 Å². The van der Waals surface area contributed by atoms with Crippen molar-refractivity contribution in [3.63, 3.8) is 0 Å². The van der Waals surface area contributed by atoms with Crippen LogP contribution >= 0.6 is 0 Å². The van der Waals surface area contributed by atoms with Gasteiger partial charge in [-0.3, -0.25) is 4.79 Å². The molecule has 0 atom stereocenters. The summed E-state index contributed by atoms with van der Waals surface area (Å²) in [6.45, 7) is 6.50. The lowest BCUT2D eigenvalue weighted by molar-refractivity contribution is -0.117. The van der Waals surface area contributed by atoms with Crippen molar-refractivity contribution in [3.8, 4) is 11.8 Å². The first kappa shape index (κ1) is 22.0. The summed E-state index contributed by atoms with van der Waals surface area (Å²) in [5, 5.41) is 12.3. The van der Waals surface area contributed by atoms with Crippen LogP contribution < -0.4 is 15.0 Å². The van der Waals surface area contributed by atoms with Gasteiger partial charge in [0, 0.05) is 37.0 Å². The Morgan fingerprint density at radius 1 is 1.17 bits per heavy atom. The van der Waals surface area contributed by atoms with E-state index >= 15 is 0 Å². The highest BCUT2D eigenvalue weighted by Gasteiger charge is 2.12. The van der Waals surface area contributed by atoms with Crippen LogP contribution in [0.4, 0.5) is 5.69 Å². The Labute approximate surface area is 173 Å². The van der Waals surface area contributed by atoms with Crippen LogP contribution in [0.1, 0.15) is 31.4 Å². The van der Waals surface area contributed by atoms with Crippen molar-refractivity contribution in [2.24, 2.45) is 0 Å². The van der Waals surface area contributed by atoms with Crippen molar-refractivity contribution < 1.29 is 9.53 Å². The van der Waals surface area contributed by atoms with Crippen LogP contribution in [0.3, 0.4) is 0 Å². The Morgan fingerprint density at radius 2 is 1.90 bits per heavy atom. The van der Waals surface area contributed by atoms with Crippen LogP contribution in [-0.4, -0.2) is 32.7 Å². The second-order valence-corrected chi connectivity index (χ2v) is 6.61. The first-order valence-corrected chi connectivity index (χ1v) is 9.99. The van der Waals surface area contributed by atoms with E-state index in [4.69, 9.17) is 4.74 Å². The Hall–Kier alpha value is -3.26. The summed E-state index contributed by atoms with van der Waals surface area (Å²) in [6.07, 6.45) is 3.28. The molecular weight excluding hydrogens is 362 g/mol. The molecule has 0 aliphatic rings. The predicted molar refractivity (Wildman–Crippen MR) is 118 cm³/mol. The summed E-state index contributed by atoms with van der Waals surface area (Å²) in [4.78, 5) is 14.6. The van der Waals surface area contributed by atoms with Gasteiger partial charge >= 0.3 is 0 Å². The largest absolute Gasteiger partial charge is 0.496 e. The number of nitrogens with one attached hydrogen (secondary N) is 1. The molecule has 5 nitrogen and oxygen atoms in total. The number of ether oxygens (including phenoxy) is 1. The van der Waals surface area contributed by atoms with Crippen molar-refractivity contribution in [1.82, 2.24) is 5.32 Å². The standard InChI is InChI=1S/C24H29N3O2/c1-4-27(5-2)22-14-13-20(23(17-22)29-3)16-21(18-25)24(28)26-15-9-12-19-10-7-6-8-11-19/h6-8,10-11,13-14,16-17H,4-5,9,12,15H2,1-3H3,(H,26,28)/b21-16-. The second-order valence-electron chi connectivity index (χ2n) is 6.61. The Balaban J connectivity index is 2.04. The van der Waals surface area contributed by atoms with Crippen LogP contribution in [0.2, 0.25) is 0 Å². The lowest BCUT2D eigenvalue weighted by atomic mass is 10.1. The number of hydrogen-bond donors (Lipinski definition) is 1. The van der Waals surface area contributed by atoms with E-state index in [1.54, 1.807) is 13.2 Å². The molecule has 0 radical (unpaired) electrons. The van der Waals surface area contributed by atoms with E-state index in [-0.39, 0.29) is 11.5 Å². The quantitative estimate of drug-likeness (QED) is 0.375. The Morgan fingerprint density at radius 3 is 2.52 bits per heavy atom. The number of rotatable bonds is 10. The van der Waals surface area contributed by atoms with Gasteiger partial charge in [-0.1, -0.05) is 30.3 Å². The molecule has 2 rings (SSSR count). The topological polar surface area (TPSA) is 65.4 Å². The van der Waals surface area contributed by atoms with E-state index in [0.29, 0.717) is 17.9 Å². The molecule has 1 N–H and O–H groups in total. The number of anilines is 1. The predicted octanol–water partition coefficient (Wildman–Crippen LogP) is 4.20. The van der Waals surface area contributed by atoms with E-state index < -0.39 is 0 Å². The highest BCUT2D eigenvalue weighted by Crippen LogP contribution is 2.27. The van der Waals surface area contributed by atoms with Gasteiger partial charge in [0.2, 0.25) is 0 Å². The highest BCUT2D eigenvalue weighted by atomic mass is 16.5. The molecule has 0 heterocycles. The number of carbonyl (C=O) groups excluding carboxylic acids is 1. The zero-order chi connectivity index (χ0) is 21.1. The van der Waals surface area contributed by atoms with Crippen molar-refractivity contribution in [2.45, 2.75) is 26.7 Å². The number of aryl methyl sites for hydroxylation is 1. The van der Waals surface area contributed by atoms with Gasteiger partial charge in [-0.25, -0.2) is 0 Å². The SMILES string of the molecule is CCN(CC)c1ccc(/C=C(/C#N)C(=O)NCCCc2ccccc2)c(OC)c1. The van der Waals surface area contributed by atoms with Crippen LogP contribution in [0.5, 0.6) is 5.75 Å². The van der Waals surface area contributed by atoms with Crippen molar-refractivity contribution in [1.29, 1.82) is 5.26 Å². The van der Waals surface area contributed by atoms with E-state index in [9.17, 15) is 10.1 Å². The summed E-state index contributed by atoms with van der Waals surface area (Å²) in [6, 6.07) is 17.9. The molecule has 152 valence electrons. The zero-order valence-electron chi connectivity index (χ0n) is 17.4. The van der Waals surface area contributed by atoms with Gasteiger partial charge in [0.1, 0.15) is 17.4 Å². The van der Waals surface area contributed by atoms with Crippen LogP contribution in [0.15, 0.2) is 54.1 Å². The van der Waals surface area contributed by atoms with Crippen LogP contribution in [0.25, 0.3) is 6.08 Å². The van der Waals surface area contributed by atoms with Gasteiger partial charge in [-0.15, -0.1) is 0 Å². The molecule has 0 saturated heterocycles. The third-order valence-corrected chi connectivity index (χ3v) is 4.78. The lowest BCUT2D eigenvalue weighted by Crippen LogP contribution is -2.25. The van der Waals surface area contributed by atoms with Gasteiger partial charge in [0.15, 0.2) is 0 Å². The number of nitrogens with zero attached hydrogens (tertiary/aromatic N) is 2. The maximum Gasteiger partial charge on any atom is 0.261 e. The number of nitriles is 1. The summed E-state index contributed by atoms with van der Waals surface area (Å²) in [5.41, 5.74) is 3.06. The first-order chi connectivity index (χ1) is 14.1. The summed E-state index contributed by atoms with van der Waals surface area (Å²) in [7, 11) is 1.59. The molecule has 2 aromatic rings. The Kier molecular flexibility index (Phi) is 8.78. The van der Waals surface area contributed by atoms with Crippen LogP contribution in [-0.2, 0) is 11.2 Å². The molecule has 0 fully saturated rings. The molecule has 1 amide bonds. The van der Waals surface area contributed by atoms with Crippen molar-refractivity contribution in [2.75, 3.05) is 31.6 Å². The van der Waals surface area contributed by atoms with Gasteiger partial charge in [0.05, 0.1) is 7.11 Å². The minimum atomic E-state index is -0.365. The van der Waals surface area contributed by atoms with Crippen molar-refractivity contribution >= 4 is 17.7 Å². The molecule has 0 spiro atoms.